The second-order valence-corrected chi connectivity index (χ2v) is 5.59. The van der Waals surface area contributed by atoms with Gasteiger partial charge in [0.05, 0.1) is 5.69 Å². The van der Waals surface area contributed by atoms with Crippen LogP contribution >= 0.6 is 0 Å². The van der Waals surface area contributed by atoms with Gasteiger partial charge in [0, 0.05) is 17.2 Å². The molecule has 0 aliphatic heterocycles. The highest BCUT2D eigenvalue weighted by molar-refractivity contribution is 5.87. The van der Waals surface area contributed by atoms with Crippen LogP contribution in [0.1, 0.15) is 0 Å². The van der Waals surface area contributed by atoms with Crippen molar-refractivity contribution in [2.24, 2.45) is 0 Å². The third-order valence-corrected chi connectivity index (χ3v) is 3.91. The molecule has 0 bridgehead atoms. The highest BCUT2D eigenvalue weighted by atomic mass is 16.3. The number of aromatic nitrogens is 2. The Kier molecular flexibility index (Phi) is 3.35. The zero-order valence-electron chi connectivity index (χ0n) is 12.7. The molecular weight excluding hydrogens is 300 g/mol. The Hall–Kier alpha value is -3.40. The molecule has 4 nitrogen and oxygen atoms in total. The molecule has 24 heavy (non-hydrogen) atoms. The molecule has 0 spiro atoms. The standard InChI is InChI=1S/C20H14N2O2/c23-17-9-8-14-10-16(7-6-15(14)11-17)20-21-18(12-19(24)22-20)13-4-2-1-3-5-13/h1-12,23H,(H,21,22,24). The molecule has 3 aromatic carbocycles. The van der Waals surface area contributed by atoms with Gasteiger partial charge in [0.15, 0.2) is 0 Å². The molecule has 0 saturated heterocycles. The maximum atomic E-state index is 12.0. The minimum Gasteiger partial charge on any atom is -0.508 e. The van der Waals surface area contributed by atoms with Crippen molar-refractivity contribution in [3.05, 3.63) is 83.2 Å². The second kappa shape index (κ2) is 5.66. The topological polar surface area (TPSA) is 66.0 Å². The van der Waals surface area contributed by atoms with Gasteiger partial charge < -0.3 is 10.1 Å². The molecule has 0 fully saturated rings. The predicted octanol–water partition coefficient (Wildman–Crippen LogP) is 3.96. The number of phenols is 1. The van der Waals surface area contributed by atoms with Crippen molar-refractivity contribution in [3.63, 3.8) is 0 Å². The number of aromatic amines is 1. The number of H-pyrrole nitrogens is 1. The van der Waals surface area contributed by atoms with E-state index in [9.17, 15) is 9.90 Å². The lowest BCUT2D eigenvalue weighted by atomic mass is 10.1. The number of fused-ring (bicyclic) bond motifs is 1. The van der Waals surface area contributed by atoms with E-state index in [4.69, 9.17) is 0 Å². The number of nitrogens with one attached hydrogen (secondary N) is 1. The summed E-state index contributed by atoms with van der Waals surface area (Å²) in [5.41, 5.74) is 2.17. The molecule has 4 rings (SSSR count). The molecule has 0 atom stereocenters. The summed E-state index contributed by atoms with van der Waals surface area (Å²) in [7, 11) is 0. The minimum absolute atomic E-state index is 0.190. The van der Waals surface area contributed by atoms with Gasteiger partial charge >= 0.3 is 0 Å². The maximum absolute atomic E-state index is 12.0. The molecule has 0 aliphatic rings. The SMILES string of the molecule is O=c1cc(-c2ccccc2)nc(-c2ccc3cc(O)ccc3c2)[nH]1. The van der Waals surface area contributed by atoms with E-state index in [1.807, 2.05) is 54.6 Å². The van der Waals surface area contributed by atoms with Crippen LogP contribution in [0.15, 0.2) is 77.6 Å². The quantitative estimate of drug-likeness (QED) is 0.588. The van der Waals surface area contributed by atoms with E-state index >= 15 is 0 Å². The number of hydrogen-bond donors (Lipinski definition) is 2. The van der Waals surface area contributed by atoms with Gasteiger partial charge in [-0.1, -0.05) is 48.5 Å². The van der Waals surface area contributed by atoms with Crippen LogP contribution in [0.5, 0.6) is 5.75 Å². The van der Waals surface area contributed by atoms with Gasteiger partial charge in [-0.25, -0.2) is 4.98 Å². The summed E-state index contributed by atoms with van der Waals surface area (Å²) in [6.45, 7) is 0. The second-order valence-electron chi connectivity index (χ2n) is 5.59. The van der Waals surface area contributed by atoms with Crippen molar-refractivity contribution >= 4 is 10.8 Å². The molecule has 0 unspecified atom stereocenters. The first-order chi connectivity index (χ1) is 11.7. The van der Waals surface area contributed by atoms with Crippen molar-refractivity contribution in [2.75, 3.05) is 0 Å². The Labute approximate surface area is 138 Å². The van der Waals surface area contributed by atoms with E-state index in [0.29, 0.717) is 11.5 Å². The molecule has 0 radical (unpaired) electrons. The third-order valence-electron chi connectivity index (χ3n) is 3.91. The molecular formula is C20H14N2O2. The molecule has 0 amide bonds. The van der Waals surface area contributed by atoms with Crippen LogP contribution in [0.4, 0.5) is 0 Å². The lowest BCUT2D eigenvalue weighted by Gasteiger charge is -2.06. The van der Waals surface area contributed by atoms with Crippen molar-refractivity contribution in [1.82, 2.24) is 9.97 Å². The minimum atomic E-state index is -0.190. The summed E-state index contributed by atoms with van der Waals surface area (Å²) in [6.07, 6.45) is 0. The van der Waals surface area contributed by atoms with Crippen molar-refractivity contribution < 1.29 is 5.11 Å². The van der Waals surface area contributed by atoms with E-state index < -0.39 is 0 Å². The molecule has 1 heterocycles. The highest BCUT2D eigenvalue weighted by Crippen LogP contribution is 2.25. The van der Waals surface area contributed by atoms with Crippen LogP contribution in [0.25, 0.3) is 33.4 Å². The molecule has 2 N–H and O–H groups in total. The fraction of sp³-hybridized carbons (Fsp3) is 0. The Morgan fingerprint density at radius 2 is 1.54 bits per heavy atom. The Bertz CT molecular complexity index is 1090. The van der Waals surface area contributed by atoms with Crippen LogP contribution in [0.2, 0.25) is 0 Å². The molecule has 4 heteroatoms. The summed E-state index contributed by atoms with van der Waals surface area (Å²) < 4.78 is 0. The van der Waals surface area contributed by atoms with Gasteiger partial charge in [-0.15, -0.1) is 0 Å². The van der Waals surface area contributed by atoms with Crippen LogP contribution in [-0.4, -0.2) is 15.1 Å². The Morgan fingerprint density at radius 1 is 0.792 bits per heavy atom. The predicted molar refractivity (Wildman–Crippen MR) is 94.9 cm³/mol. The number of nitrogens with zero attached hydrogens (tertiary/aromatic N) is 1. The third kappa shape index (κ3) is 2.65. The first kappa shape index (κ1) is 14.2. The van der Waals surface area contributed by atoms with Gasteiger partial charge in [-0.2, -0.15) is 0 Å². The Morgan fingerprint density at radius 3 is 2.38 bits per heavy atom. The van der Waals surface area contributed by atoms with Gasteiger partial charge in [0.2, 0.25) is 0 Å². The normalized spacial score (nSPS) is 10.8. The molecule has 1 aromatic heterocycles. The van der Waals surface area contributed by atoms with Gasteiger partial charge in [-0.05, 0) is 29.0 Å². The first-order valence-corrected chi connectivity index (χ1v) is 7.59. The van der Waals surface area contributed by atoms with E-state index in [1.54, 1.807) is 12.1 Å². The molecule has 116 valence electrons. The zero-order chi connectivity index (χ0) is 16.5. The average Bonchev–Trinajstić information content (AvgIpc) is 2.61. The average molecular weight is 314 g/mol. The highest BCUT2D eigenvalue weighted by Gasteiger charge is 2.07. The van der Waals surface area contributed by atoms with Crippen molar-refractivity contribution in [2.45, 2.75) is 0 Å². The first-order valence-electron chi connectivity index (χ1n) is 7.59. The van der Waals surface area contributed by atoms with E-state index in [-0.39, 0.29) is 11.3 Å². The zero-order valence-corrected chi connectivity index (χ0v) is 12.7. The summed E-state index contributed by atoms with van der Waals surface area (Å²) in [5, 5.41) is 11.5. The van der Waals surface area contributed by atoms with Crippen LogP contribution in [0.3, 0.4) is 0 Å². The summed E-state index contributed by atoms with van der Waals surface area (Å²) >= 11 is 0. The molecule has 4 aromatic rings. The number of rotatable bonds is 2. The summed E-state index contributed by atoms with van der Waals surface area (Å²) in [5.74, 6) is 0.754. The van der Waals surface area contributed by atoms with Crippen LogP contribution < -0.4 is 5.56 Å². The van der Waals surface area contributed by atoms with Crippen LogP contribution in [-0.2, 0) is 0 Å². The Balaban J connectivity index is 1.86. The van der Waals surface area contributed by atoms with Gasteiger partial charge in [0.1, 0.15) is 11.6 Å². The lowest BCUT2D eigenvalue weighted by Crippen LogP contribution is -2.08. The number of phenolic OH excluding ortho intramolecular Hbond substituents is 1. The van der Waals surface area contributed by atoms with Crippen LogP contribution in [0, 0.1) is 0 Å². The van der Waals surface area contributed by atoms with Crippen molar-refractivity contribution in [3.8, 4) is 28.4 Å². The fourth-order valence-electron chi connectivity index (χ4n) is 2.73. The number of hydrogen-bond acceptors (Lipinski definition) is 3. The lowest BCUT2D eigenvalue weighted by molar-refractivity contribution is 0.476. The largest absolute Gasteiger partial charge is 0.508 e. The monoisotopic (exact) mass is 314 g/mol. The summed E-state index contributed by atoms with van der Waals surface area (Å²) in [6, 6.07) is 22.0. The van der Waals surface area contributed by atoms with Gasteiger partial charge in [-0.3, -0.25) is 4.79 Å². The van der Waals surface area contributed by atoms with Crippen molar-refractivity contribution in [1.29, 1.82) is 0 Å². The number of aromatic hydroxyl groups is 1. The smallest absolute Gasteiger partial charge is 0.251 e. The van der Waals surface area contributed by atoms with Gasteiger partial charge in [0.25, 0.3) is 5.56 Å². The number of benzene rings is 3. The molecule has 0 aliphatic carbocycles. The van der Waals surface area contributed by atoms with E-state index in [1.165, 1.54) is 6.07 Å². The van der Waals surface area contributed by atoms with E-state index in [2.05, 4.69) is 9.97 Å². The van der Waals surface area contributed by atoms with E-state index in [0.717, 1.165) is 21.9 Å². The molecule has 0 saturated carbocycles. The fourth-order valence-corrected chi connectivity index (χ4v) is 2.73. The summed E-state index contributed by atoms with van der Waals surface area (Å²) in [4.78, 5) is 19.4. The maximum Gasteiger partial charge on any atom is 0.251 e.